The summed E-state index contributed by atoms with van der Waals surface area (Å²) in [4.78, 5) is 0. The molecule has 0 bridgehead atoms. The summed E-state index contributed by atoms with van der Waals surface area (Å²) in [6, 6.07) is 6.88. The molecule has 0 spiro atoms. The van der Waals surface area contributed by atoms with E-state index in [0.29, 0.717) is 5.25 Å². The summed E-state index contributed by atoms with van der Waals surface area (Å²) in [5, 5.41) is 0.671. The Kier molecular flexibility index (Phi) is 5.36. The van der Waals surface area contributed by atoms with Gasteiger partial charge in [-0.1, -0.05) is 37.6 Å². The molecule has 0 aromatic heterocycles. The largest absolute Gasteiger partial charge is 0.327 e. The van der Waals surface area contributed by atoms with Gasteiger partial charge in [0.15, 0.2) is 0 Å². The summed E-state index contributed by atoms with van der Waals surface area (Å²) < 4.78 is 0. The Labute approximate surface area is 104 Å². The molecule has 0 amide bonds. The van der Waals surface area contributed by atoms with Gasteiger partial charge in [0.25, 0.3) is 0 Å². The summed E-state index contributed by atoms with van der Waals surface area (Å²) in [6.45, 7) is 8.74. The third-order valence-corrected chi connectivity index (χ3v) is 3.92. The Bertz CT molecular complexity index is 334. The van der Waals surface area contributed by atoms with Gasteiger partial charge in [0.1, 0.15) is 0 Å². The van der Waals surface area contributed by atoms with Gasteiger partial charge in [-0.05, 0) is 36.6 Å². The Morgan fingerprint density at radius 2 is 1.94 bits per heavy atom. The van der Waals surface area contributed by atoms with E-state index in [0.717, 1.165) is 12.2 Å². The minimum absolute atomic E-state index is 0.271. The fourth-order valence-corrected chi connectivity index (χ4v) is 2.43. The fraction of sp³-hybridized carbons (Fsp3) is 0.571. The molecule has 0 saturated carbocycles. The molecule has 1 rings (SSSR count). The maximum Gasteiger partial charge on any atom is 0.0171 e. The van der Waals surface area contributed by atoms with Gasteiger partial charge < -0.3 is 5.73 Å². The zero-order chi connectivity index (χ0) is 12.1. The lowest BCUT2D eigenvalue weighted by atomic mass is 10.00. The summed E-state index contributed by atoms with van der Waals surface area (Å²) in [7, 11) is 0. The highest BCUT2D eigenvalue weighted by molar-refractivity contribution is 7.99. The highest BCUT2D eigenvalue weighted by Gasteiger charge is 2.07. The van der Waals surface area contributed by atoms with E-state index in [1.807, 2.05) is 11.8 Å². The molecule has 0 aliphatic rings. The van der Waals surface area contributed by atoms with Crippen molar-refractivity contribution >= 4 is 11.8 Å². The number of rotatable bonds is 5. The third-order valence-electron chi connectivity index (χ3n) is 2.63. The average Bonchev–Trinajstić information content (AvgIpc) is 2.20. The van der Waals surface area contributed by atoms with Crippen LogP contribution in [0.1, 0.15) is 30.5 Å². The van der Waals surface area contributed by atoms with Gasteiger partial charge in [-0.25, -0.2) is 0 Å². The molecule has 0 aliphatic carbocycles. The monoisotopic (exact) mass is 237 g/mol. The van der Waals surface area contributed by atoms with E-state index in [2.05, 4.69) is 45.9 Å². The third kappa shape index (κ3) is 4.58. The zero-order valence-electron chi connectivity index (χ0n) is 10.8. The van der Waals surface area contributed by atoms with Gasteiger partial charge >= 0.3 is 0 Å². The Hall–Kier alpha value is -0.470. The van der Waals surface area contributed by atoms with E-state index in [1.54, 1.807) is 0 Å². The van der Waals surface area contributed by atoms with Crippen molar-refractivity contribution in [1.82, 2.24) is 0 Å². The molecular weight excluding hydrogens is 214 g/mol. The van der Waals surface area contributed by atoms with Crippen LogP contribution in [-0.2, 0) is 6.42 Å². The zero-order valence-corrected chi connectivity index (χ0v) is 11.6. The molecule has 2 N–H and O–H groups in total. The Balaban J connectivity index is 2.55. The molecular formula is C14H23NS. The molecule has 16 heavy (non-hydrogen) atoms. The van der Waals surface area contributed by atoms with Crippen molar-refractivity contribution in [3.05, 3.63) is 34.9 Å². The molecule has 0 aliphatic heterocycles. The molecule has 0 fully saturated rings. The molecule has 1 aromatic rings. The van der Waals surface area contributed by atoms with E-state index < -0.39 is 0 Å². The van der Waals surface area contributed by atoms with Crippen LogP contribution in [-0.4, -0.2) is 17.0 Å². The second-order valence-electron chi connectivity index (χ2n) is 4.78. The molecule has 0 heterocycles. The van der Waals surface area contributed by atoms with Gasteiger partial charge in [-0.15, -0.1) is 0 Å². The maximum absolute atomic E-state index is 6.15. The molecule has 1 aromatic carbocycles. The molecule has 0 radical (unpaired) electrons. The molecule has 1 nitrogen and oxygen atoms in total. The number of hydrogen-bond acceptors (Lipinski definition) is 2. The Morgan fingerprint density at radius 1 is 1.25 bits per heavy atom. The fourth-order valence-electron chi connectivity index (χ4n) is 1.68. The van der Waals surface area contributed by atoms with Crippen LogP contribution in [0.2, 0.25) is 0 Å². The summed E-state index contributed by atoms with van der Waals surface area (Å²) in [5.74, 6) is 1.05. The van der Waals surface area contributed by atoms with Crippen molar-refractivity contribution in [3.8, 4) is 0 Å². The SMILES string of the molecule is Cc1ccc(C)c(CC(N)CSC(C)C)c1. The van der Waals surface area contributed by atoms with E-state index >= 15 is 0 Å². The van der Waals surface area contributed by atoms with Gasteiger partial charge in [0.2, 0.25) is 0 Å². The number of thioether (sulfide) groups is 1. The highest BCUT2D eigenvalue weighted by atomic mass is 32.2. The van der Waals surface area contributed by atoms with Crippen LogP contribution in [0.5, 0.6) is 0 Å². The van der Waals surface area contributed by atoms with Crippen LogP contribution >= 0.6 is 11.8 Å². The first kappa shape index (κ1) is 13.6. The van der Waals surface area contributed by atoms with Crippen molar-refractivity contribution < 1.29 is 0 Å². The maximum atomic E-state index is 6.15. The number of benzene rings is 1. The van der Waals surface area contributed by atoms with Crippen LogP contribution in [0.4, 0.5) is 0 Å². The quantitative estimate of drug-likeness (QED) is 0.850. The van der Waals surface area contributed by atoms with E-state index in [1.165, 1.54) is 16.7 Å². The Morgan fingerprint density at radius 3 is 2.56 bits per heavy atom. The molecule has 90 valence electrons. The first-order valence-electron chi connectivity index (χ1n) is 5.92. The van der Waals surface area contributed by atoms with Gasteiger partial charge in [-0.3, -0.25) is 0 Å². The predicted octanol–water partition coefficient (Wildman–Crippen LogP) is 3.31. The number of aryl methyl sites for hydroxylation is 2. The van der Waals surface area contributed by atoms with Gasteiger partial charge in [-0.2, -0.15) is 11.8 Å². The molecule has 2 heteroatoms. The lowest BCUT2D eigenvalue weighted by Gasteiger charge is -2.15. The summed E-state index contributed by atoms with van der Waals surface area (Å²) >= 11 is 1.94. The lowest BCUT2D eigenvalue weighted by molar-refractivity contribution is 0.743. The molecule has 1 unspecified atom stereocenters. The smallest absolute Gasteiger partial charge is 0.0171 e. The van der Waals surface area contributed by atoms with Gasteiger partial charge in [0, 0.05) is 11.8 Å². The lowest BCUT2D eigenvalue weighted by Crippen LogP contribution is -2.26. The van der Waals surface area contributed by atoms with Crippen molar-refractivity contribution in [2.45, 2.75) is 45.4 Å². The highest BCUT2D eigenvalue weighted by Crippen LogP contribution is 2.15. The van der Waals surface area contributed by atoms with Crippen LogP contribution in [0.15, 0.2) is 18.2 Å². The number of nitrogens with two attached hydrogens (primary N) is 1. The van der Waals surface area contributed by atoms with E-state index in [-0.39, 0.29) is 6.04 Å². The first-order valence-corrected chi connectivity index (χ1v) is 6.97. The van der Waals surface area contributed by atoms with Gasteiger partial charge in [0.05, 0.1) is 0 Å². The van der Waals surface area contributed by atoms with Crippen LogP contribution in [0, 0.1) is 13.8 Å². The van der Waals surface area contributed by atoms with Crippen molar-refractivity contribution in [3.63, 3.8) is 0 Å². The van der Waals surface area contributed by atoms with E-state index in [4.69, 9.17) is 5.73 Å². The van der Waals surface area contributed by atoms with Crippen LogP contribution in [0.3, 0.4) is 0 Å². The van der Waals surface area contributed by atoms with Crippen LogP contribution in [0.25, 0.3) is 0 Å². The first-order chi connectivity index (χ1) is 7.49. The topological polar surface area (TPSA) is 26.0 Å². The average molecular weight is 237 g/mol. The standard InChI is InChI=1S/C14H23NS/c1-10(2)16-9-14(15)8-13-7-11(3)5-6-12(13)4/h5-7,10,14H,8-9,15H2,1-4H3. The van der Waals surface area contributed by atoms with Crippen molar-refractivity contribution in [1.29, 1.82) is 0 Å². The second-order valence-corrected chi connectivity index (χ2v) is 6.39. The molecule has 0 saturated heterocycles. The van der Waals surface area contributed by atoms with Crippen molar-refractivity contribution in [2.75, 3.05) is 5.75 Å². The second kappa shape index (κ2) is 6.31. The minimum Gasteiger partial charge on any atom is -0.327 e. The number of hydrogen-bond donors (Lipinski definition) is 1. The van der Waals surface area contributed by atoms with E-state index in [9.17, 15) is 0 Å². The van der Waals surface area contributed by atoms with Crippen molar-refractivity contribution in [2.24, 2.45) is 5.73 Å². The van der Waals surface area contributed by atoms with Crippen LogP contribution < -0.4 is 5.73 Å². The summed E-state index contributed by atoms with van der Waals surface area (Å²) in [6.07, 6.45) is 0.993. The summed E-state index contributed by atoms with van der Waals surface area (Å²) in [5.41, 5.74) is 10.2. The molecule has 1 atom stereocenters. The normalized spacial score (nSPS) is 13.1. The predicted molar refractivity (Wildman–Crippen MR) is 75.2 cm³/mol. The minimum atomic E-state index is 0.271.